The molecule has 2 aliphatic rings. The lowest BCUT2D eigenvalue weighted by molar-refractivity contribution is 0.601. The quantitative estimate of drug-likeness (QED) is 0.765. The molecule has 0 spiro atoms. The normalized spacial score (nSPS) is 25.2. The first-order valence-electron chi connectivity index (χ1n) is 7.45. The number of aliphatic imine (C=N–C) groups is 1. The lowest BCUT2D eigenvalue weighted by Crippen LogP contribution is -2.39. The molecule has 1 fully saturated rings. The predicted octanol–water partition coefficient (Wildman–Crippen LogP) is 3.38. The number of nitrogens with zero attached hydrogens (tertiary/aromatic N) is 2. The first-order chi connectivity index (χ1) is 10.9. The first-order valence-corrected chi connectivity index (χ1v) is 10.6. The Morgan fingerprint density at radius 3 is 2.91 bits per heavy atom. The summed E-state index contributed by atoms with van der Waals surface area (Å²) in [6, 6.07) is 7.23. The van der Waals surface area contributed by atoms with Gasteiger partial charge in [0.25, 0.3) is 0 Å². The highest BCUT2D eigenvalue weighted by Crippen LogP contribution is 2.35. The number of amidine groups is 1. The molecule has 0 aliphatic carbocycles. The van der Waals surface area contributed by atoms with Gasteiger partial charge in [-0.3, -0.25) is 4.99 Å². The third-order valence-electron chi connectivity index (χ3n) is 3.90. The van der Waals surface area contributed by atoms with Crippen LogP contribution in [0.25, 0.3) is 0 Å². The van der Waals surface area contributed by atoms with E-state index in [2.05, 4.69) is 24.9 Å². The summed E-state index contributed by atoms with van der Waals surface area (Å²) < 4.78 is 23.9. The van der Waals surface area contributed by atoms with Gasteiger partial charge in [-0.05, 0) is 32.0 Å². The molecule has 23 heavy (non-hydrogen) atoms. The topological polar surface area (TPSA) is 49.7 Å². The first kappa shape index (κ1) is 16.9. The molecule has 1 aromatic rings. The van der Waals surface area contributed by atoms with E-state index >= 15 is 0 Å². The smallest absolute Gasteiger partial charge is 0.164 e. The molecular weight excluding hydrogens is 352 g/mol. The van der Waals surface area contributed by atoms with E-state index in [4.69, 9.17) is 11.6 Å². The van der Waals surface area contributed by atoms with Crippen molar-refractivity contribution in [1.29, 1.82) is 0 Å². The molecule has 1 aromatic carbocycles. The van der Waals surface area contributed by atoms with Gasteiger partial charge < -0.3 is 4.90 Å². The van der Waals surface area contributed by atoms with Crippen molar-refractivity contribution in [2.24, 2.45) is 4.99 Å². The Labute approximate surface area is 146 Å². The van der Waals surface area contributed by atoms with Crippen LogP contribution in [0.15, 0.2) is 40.9 Å². The number of allylic oxidation sites excluding steroid dienone is 1. The van der Waals surface area contributed by atoms with Gasteiger partial charge >= 0.3 is 0 Å². The number of halogens is 1. The predicted molar refractivity (Wildman–Crippen MR) is 99.5 cm³/mol. The van der Waals surface area contributed by atoms with E-state index < -0.39 is 9.84 Å². The van der Waals surface area contributed by atoms with Crippen LogP contribution in [0, 0.1) is 0 Å². The number of fused-ring (bicyclic) bond motifs is 1. The van der Waals surface area contributed by atoms with Crippen molar-refractivity contribution in [2.75, 3.05) is 22.2 Å². The van der Waals surface area contributed by atoms with Crippen LogP contribution in [-0.4, -0.2) is 42.9 Å². The molecule has 0 saturated carbocycles. The van der Waals surface area contributed by atoms with Gasteiger partial charge in [0, 0.05) is 16.5 Å². The fourth-order valence-electron chi connectivity index (χ4n) is 2.84. The molecule has 0 N–H and O–H groups in total. The molecule has 2 aliphatic heterocycles. The van der Waals surface area contributed by atoms with Gasteiger partial charge in [-0.1, -0.05) is 41.1 Å². The number of rotatable bonds is 3. The summed E-state index contributed by atoms with van der Waals surface area (Å²) in [4.78, 5) is 6.73. The molecule has 2 heterocycles. The Hall–Kier alpha value is -0.980. The van der Waals surface area contributed by atoms with Crippen molar-refractivity contribution in [3.63, 3.8) is 0 Å². The van der Waals surface area contributed by atoms with Gasteiger partial charge in [0.2, 0.25) is 0 Å². The third kappa shape index (κ3) is 3.75. The summed E-state index contributed by atoms with van der Waals surface area (Å²) in [5.41, 5.74) is 2.17. The second kappa shape index (κ2) is 6.49. The zero-order valence-electron chi connectivity index (χ0n) is 13.1. The molecule has 4 nitrogen and oxygen atoms in total. The summed E-state index contributed by atoms with van der Waals surface area (Å²) in [5.74, 6) is 1.12. The summed E-state index contributed by atoms with van der Waals surface area (Å²) in [6.45, 7) is 4.13. The molecule has 3 rings (SSSR count). The van der Waals surface area contributed by atoms with Gasteiger partial charge in [-0.25, -0.2) is 8.42 Å². The molecule has 1 saturated heterocycles. The minimum atomic E-state index is -3.02. The Balaban J connectivity index is 1.91. The van der Waals surface area contributed by atoms with E-state index in [1.807, 2.05) is 29.2 Å². The Kier molecular flexibility index (Phi) is 4.76. The second-order valence-corrected chi connectivity index (χ2v) is 9.64. The summed E-state index contributed by atoms with van der Waals surface area (Å²) in [5, 5.41) is 1.52. The largest absolute Gasteiger partial charge is 0.315 e. The lowest BCUT2D eigenvalue weighted by atomic mass is 10.1. The van der Waals surface area contributed by atoms with Gasteiger partial charge in [0.1, 0.15) is 0 Å². The van der Waals surface area contributed by atoms with Crippen LogP contribution in [0.1, 0.15) is 13.8 Å². The van der Waals surface area contributed by atoms with E-state index in [1.54, 1.807) is 11.8 Å². The number of benzene rings is 1. The fourth-order valence-corrected chi connectivity index (χ4v) is 6.03. The van der Waals surface area contributed by atoms with Crippen LogP contribution in [0.2, 0.25) is 5.02 Å². The monoisotopic (exact) mass is 370 g/mol. The van der Waals surface area contributed by atoms with E-state index in [0.717, 1.165) is 16.6 Å². The number of anilines is 1. The van der Waals surface area contributed by atoms with Crippen LogP contribution in [0.5, 0.6) is 0 Å². The van der Waals surface area contributed by atoms with Crippen LogP contribution < -0.4 is 4.90 Å². The average molecular weight is 371 g/mol. The van der Waals surface area contributed by atoms with Gasteiger partial charge in [0.15, 0.2) is 15.0 Å². The van der Waals surface area contributed by atoms with Crippen LogP contribution >= 0.6 is 23.4 Å². The third-order valence-corrected chi connectivity index (χ3v) is 6.73. The van der Waals surface area contributed by atoms with Crippen LogP contribution in [0.4, 0.5) is 5.69 Å². The molecular formula is C16H19ClN2O2S2. The maximum atomic E-state index is 12.0. The molecule has 2 atom stereocenters. The molecule has 0 unspecified atom stereocenters. The van der Waals surface area contributed by atoms with Gasteiger partial charge in [-0.2, -0.15) is 0 Å². The number of thioether (sulfide) groups is 1. The lowest BCUT2D eigenvalue weighted by Gasteiger charge is -2.26. The summed E-state index contributed by atoms with van der Waals surface area (Å²) in [7, 11) is -3.02. The van der Waals surface area contributed by atoms with E-state index in [0.29, 0.717) is 5.02 Å². The van der Waals surface area contributed by atoms with Crippen LogP contribution in [-0.2, 0) is 9.84 Å². The zero-order valence-corrected chi connectivity index (χ0v) is 15.5. The van der Waals surface area contributed by atoms with Crippen molar-refractivity contribution < 1.29 is 8.42 Å². The fraction of sp³-hybridized carbons (Fsp3) is 0.438. The van der Waals surface area contributed by atoms with E-state index in [9.17, 15) is 8.42 Å². The minimum absolute atomic E-state index is 0.118. The molecule has 7 heteroatoms. The van der Waals surface area contributed by atoms with Crippen molar-refractivity contribution in [1.82, 2.24) is 0 Å². The van der Waals surface area contributed by atoms with Gasteiger partial charge in [0.05, 0.1) is 23.6 Å². The number of sulfone groups is 1. The minimum Gasteiger partial charge on any atom is -0.315 e. The Morgan fingerprint density at radius 1 is 1.43 bits per heavy atom. The Bertz CT molecular complexity index is 770. The average Bonchev–Trinajstić information content (AvgIpc) is 2.89. The second-order valence-electron chi connectivity index (χ2n) is 6.07. The number of hydrogen-bond donors (Lipinski definition) is 0. The van der Waals surface area contributed by atoms with Crippen molar-refractivity contribution in [3.8, 4) is 0 Å². The highest BCUT2D eigenvalue weighted by Gasteiger charge is 2.47. The molecule has 0 amide bonds. The SMILES string of the molecule is CC(C)=CCSC1=N[C@H]2CS(=O)(=O)C[C@@H]2N1c1cccc(Cl)c1. The maximum Gasteiger partial charge on any atom is 0.164 e. The van der Waals surface area contributed by atoms with Gasteiger partial charge in [-0.15, -0.1) is 0 Å². The molecule has 0 bridgehead atoms. The standard InChI is InChI=1S/C16H19ClN2O2S2/c1-11(2)6-7-22-16-18-14-9-23(20,21)10-15(14)19(16)13-5-3-4-12(17)8-13/h3-6,8,14-15H,7,9-10H2,1-2H3/t14-,15-/m0/s1. The number of hydrogen-bond acceptors (Lipinski definition) is 5. The van der Waals surface area contributed by atoms with Crippen molar-refractivity contribution >= 4 is 44.1 Å². The van der Waals surface area contributed by atoms with Crippen molar-refractivity contribution in [2.45, 2.75) is 25.9 Å². The summed E-state index contributed by atoms with van der Waals surface area (Å²) >= 11 is 7.75. The molecule has 0 aromatic heterocycles. The maximum absolute atomic E-state index is 12.0. The summed E-state index contributed by atoms with van der Waals surface area (Å²) in [6.07, 6.45) is 2.15. The van der Waals surface area contributed by atoms with Crippen LogP contribution in [0.3, 0.4) is 0 Å². The highest BCUT2D eigenvalue weighted by molar-refractivity contribution is 8.14. The van der Waals surface area contributed by atoms with E-state index in [1.165, 1.54) is 5.57 Å². The van der Waals surface area contributed by atoms with E-state index in [-0.39, 0.29) is 23.6 Å². The Morgan fingerprint density at radius 2 is 2.22 bits per heavy atom. The molecule has 0 radical (unpaired) electrons. The molecule has 124 valence electrons. The highest BCUT2D eigenvalue weighted by atomic mass is 35.5. The zero-order chi connectivity index (χ0) is 16.6. The van der Waals surface area contributed by atoms with Crippen molar-refractivity contribution in [3.05, 3.63) is 40.9 Å².